The van der Waals surface area contributed by atoms with Gasteiger partial charge in [0, 0.05) is 30.0 Å². The molecule has 0 amide bonds. The number of nitrogens with one attached hydrogen (secondary N) is 1. The number of aromatic nitrogens is 3. The van der Waals surface area contributed by atoms with Crippen LogP contribution in [0.4, 0.5) is 0 Å². The van der Waals surface area contributed by atoms with E-state index in [2.05, 4.69) is 36.2 Å². The molecule has 2 heterocycles. The van der Waals surface area contributed by atoms with E-state index in [0.717, 1.165) is 34.8 Å². The minimum absolute atomic E-state index is 0.723. The fourth-order valence-electron chi connectivity index (χ4n) is 1.43. The van der Waals surface area contributed by atoms with E-state index in [0.29, 0.717) is 0 Å². The van der Waals surface area contributed by atoms with Gasteiger partial charge in [0.25, 0.3) is 0 Å². The van der Waals surface area contributed by atoms with Gasteiger partial charge >= 0.3 is 0 Å². The third kappa shape index (κ3) is 3.87. The molecule has 0 unspecified atom stereocenters. The molecule has 5 heteroatoms. The maximum absolute atomic E-state index is 4.32. The van der Waals surface area contributed by atoms with E-state index in [9.17, 15) is 0 Å². The lowest BCUT2D eigenvalue weighted by Crippen LogP contribution is -2.14. The Bertz CT molecular complexity index is 484. The zero-order valence-electron chi connectivity index (χ0n) is 9.52. The summed E-state index contributed by atoms with van der Waals surface area (Å²) in [5.41, 5.74) is 2.01. The van der Waals surface area contributed by atoms with Crippen molar-refractivity contribution in [2.75, 3.05) is 0 Å². The first-order chi connectivity index (χ1) is 8.24. The van der Waals surface area contributed by atoms with E-state index >= 15 is 0 Å². The van der Waals surface area contributed by atoms with Crippen LogP contribution in [0.2, 0.25) is 0 Å². The summed E-state index contributed by atoms with van der Waals surface area (Å²) in [6.45, 7) is 3.34. The molecule has 0 aliphatic heterocycles. The third-order valence-electron chi connectivity index (χ3n) is 2.23. The van der Waals surface area contributed by atoms with Gasteiger partial charge in [-0.05, 0) is 41.1 Å². The van der Waals surface area contributed by atoms with E-state index in [-0.39, 0.29) is 0 Å². The van der Waals surface area contributed by atoms with Crippen LogP contribution < -0.4 is 5.32 Å². The first kappa shape index (κ1) is 12.1. The van der Waals surface area contributed by atoms with Crippen molar-refractivity contribution in [2.45, 2.75) is 20.0 Å². The van der Waals surface area contributed by atoms with Crippen LogP contribution in [-0.4, -0.2) is 15.0 Å². The first-order valence-corrected chi connectivity index (χ1v) is 6.13. The average molecular weight is 293 g/mol. The second-order valence-corrected chi connectivity index (χ2v) is 4.58. The zero-order chi connectivity index (χ0) is 12.1. The van der Waals surface area contributed by atoms with Crippen molar-refractivity contribution in [1.82, 2.24) is 20.3 Å². The number of aryl methyl sites for hydroxylation is 1. The summed E-state index contributed by atoms with van der Waals surface area (Å²) < 4.78 is 0.993. The molecule has 0 aromatic carbocycles. The van der Waals surface area contributed by atoms with Crippen molar-refractivity contribution in [3.63, 3.8) is 0 Å². The fourth-order valence-corrected chi connectivity index (χ4v) is 1.67. The fraction of sp³-hybridized carbons (Fsp3) is 0.250. The Kier molecular flexibility index (Phi) is 4.17. The van der Waals surface area contributed by atoms with Crippen molar-refractivity contribution >= 4 is 15.9 Å². The van der Waals surface area contributed by atoms with Gasteiger partial charge in [-0.2, -0.15) is 0 Å². The Balaban J connectivity index is 1.85. The average Bonchev–Trinajstić information content (AvgIpc) is 2.32. The molecule has 0 radical (unpaired) electrons. The van der Waals surface area contributed by atoms with E-state index in [1.165, 1.54) is 0 Å². The summed E-state index contributed by atoms with van der Waals surface area (Å²) in [5.74, 6) is 0.797. The Morgan fingerprint density at radius 1 is 1.12 bits per heavy atom. The Labute approximate surface area is 109 Å². The van der Waals surface area contributed by atoms with Gasteiger partial charge < -0.3 is 5.32 Å². The van der Waals surface area contributed by atoms with Crippen molar-refractivity contribution < 1.29 is 0 Å². The van der Waals surface area contributed by atoms with E-state index in [4.69, 9.17) is 0 Å². The minimum Gasteiger partial charge on any atom is -0.306 e. The van der Waals surface area contributed by atoms with E-state index in [1.807, 2.05) is 25.1 Å². The molecule has 0 bridgehead atoms. The smallest absolute Gasteiger partial charge is 0.125 e. The molecule has 0 saturated carbocycles. The van der Waals surface area contributed by atoms with Crippen molar-refractivity contribution in [1.29, 1.82) is 0 Å². The van der Waals surface area contributed by atoms with Crippen LogP contribution in [0.15, 0.2) is 35.1 Å². The van der Waals surface area contributed by atoms with Crippen LogP contribution in [0.5, 0.6) is 0 Å². The summed E-state index contributed by atoms with van der Waals surface area (Å²) in [5, 5.41) is 3.30. The highest BCUT2D eigenvalue weighted by Crippen LogP contribution is 2.07. The Morgan fingerprint density at radius 3 is 2.65 bits per heavy atom. The number of hydrogen-bond acceptors (Lipinski definition) is 4. The molecule has 2 aromatic heterocycles. The summed E-state index contributed by atoms with van der Waals surface area (Å²) in [6, 6.07) is 5.89. The summed E-state index contributed by atoms with van der Waals surface area (Å²) >= 11 is 3.36. The lowest BCUT2D eigenvalue weighted by Gasteiger charge is -2.04. The van der Waals surface area contributed by atoms with Crippen molar-refractivity contribution in [3.05, 3.63) is 52.3 Å². The van der Waals surface area contributed by atoms with Gasteiger partial charge in [-0.1, -0.05) is 0 Å². The van der Waals surface area contributed by atoms with Gasteiger partial charge in [-0.15, -0.1) is 0 Å². The van der Waals surface area contributed by atoms with Gasteiger partial charge in [0.05, 0.1) is 11.4 Å². The number of hydrogen-bond donors (Lipinski definition) is 1. The predicted octanol–water partition coefficient (Wildman–Crippen LogP) is 2.23. The molecule has 0 aliphatic carbocycles. The molecule has 4 nitrogen and oxygen atoms in total. The molecule has 0 aliphatic rings. The number of pyridine rings is 1. The van der Waals surface area contributed by atoms with Gasteiger partial charge in [-0.25, -0.2) is 9.97 Å². The van der Waals surface area contributed by atoms with Gasteiger partial charge in [0.1, 0.15) is 5.82 Å². The maximum Gasteiger partial charge on any atom is 0.125 e. The molecule has 0 saturated heterocycles. The third-order valence-corrected chi connectivity index (χ3v) is 2.70. The van der Waals surface area contributed by atoms with Crippen LogP contribution in [0.3, 0.4) is 0 Å². The molecule has 0 spiro atoms. The molecule has 0 fully saturated rings. The lowest BCUT2D eigenvalue weighted by atomic mass is 10.3. The number of nitrogens with zero attached hydrogens (tertiary/aromatic N) is 3. The number of rotatable bonds is 4. The SMILES string of the molecule is Cc1nccc(CNCc2ccc(Br)cn2)n1. The monoisotopic (exact) mass is 292 g/mol. The van der Waals surface area contributed by atoms with Crippen molar-refractivity contribution in [2.24, 2.45) is 0 Å². The van der Waals surface area contributed by atoms with Crippen LogP contribution in [0.1, 0.15) is 17.2 Å². The minimum atomic E-state index is 0.723. The second kappa shape index (κ2) is 5.84. The van der Waals surface area contributed by atoms with Gasteiger partial charge in [-0.3, -0.25) is 4.98 Å². The van der Waals surface area contributed by atoms with Gasteiger partial charge in [0.15, 0.2) is 0 Å². The lowest BCUT2D eigenvalue weighted by molar-refractivity contribution is 0.663. The molecule has 2 rings (SSSR count). The highest BCUT2D eigenvalue weighted by atomic mass is 79.9. The van der Waals surface area contributed by atoms with Gasteiger partial charge in [0.2, 0.25) is 0 Å². The molecule has 88 valence electrons. The van der Waals surface area contributed by atoms with Crippen molar-refractivity contribution in [3.8, 4) is 0 Å². The van der Waals surface area contributed by atoms with Crippen LogP contribution in [-0.2, 0) is 13.1 Å². The van der Waals surface area contributed by atoms with Crippen LogP contribution >= 0.6 is 15.9 Å². The summed E-state index contributed by atoms with van der Waals surface area (Å²) in [4.78, 5) is 12.7. The standard InChI is InChI=1S/C12H13BrN4/c1-9-15-5-4-12(17-9)8-14-7-11-3-2-10(13)6-16-11/h2-6,14H,7-8H2,1H3. The predicted molar refractivity (Wildman–Crippen MR) is 69.2 cm³/mol. The van der Waals surface area contributed by atoms with E-state index in [1.54, 1.807) is 12.4 Å². The largest absolute Gasteiger partial charge is 0.306 e. The quantitative estimate of drug-likeness (QED) is 0.939. The summed E-state index contributed by atoms with van der Waals surface area (Å²) in [6.07, 6.45) is 3.57. The topological polar surface area (TPSA) is 50.7 Å². The number of halogens is 1. The molecule has 2 aromatic rings. The second-order valence-electron chi connectivity index (χ2n) is 3.67. The van der Waals surface area contributed by atoms with E-state index < -0.39 is 0 Å². The summed E-state index contributed by atoms with van der Waals surface area (Å²) in [7, 11) is 0. The molecule has 17 heavy (non-hydrogen) atoms. The highest BCUT2D eigenvalue weighted by Gasteiger charge is 1.97. The molecular formula is C12H13BrN4. The molecule has 0 atom stereocenters. The Hall–Kier alpha value is -1.33. The van der Waals surface area contributed by atoms with Crippen LogP contribution in [0, 0.1) is 6.92 Å². The zero-order valence-corrected chi connectivity index (χ0v) is 11.1. The first-order valence-electron chi connectivity index (χ1n) is 5.34. The van der Waals surface area contributed by atoms with Crippen LogP contribution in [0.25, 0.3) is 0 Å². The highest BCUT2D eigenvalue weighted by molar-refractivity contribution is 9.10. The molecular weight excluding hydrogens is 280 g/mol. The normalized spacial score (nSPS) is 10.5. The molecule has 1 N–H and O–H groups in total. The Morgan fingerprint density at radius 2 is 1.94 bits per heavy atom. The maximum atomic E-state index is 4.32.